The summed E-state index contributed by atoms with van der Waals surface area (Å²) >= 11 is 1.91. The molecule has 2 unspecified atom stereocenters. The van der Waals surface area contributed by atoms with E-state index in [0.29, 0.717) is 12.4 Å². The molecule has 0 radical (unpaired) electrons. The maximum atomic E-state index is 12.8. The number of carbonyl (C=O) groups excluding carboxylic acids is 1. The van der Waals surface area contributed by atoms with Gasteiger partial charge in [-0.05, 0) is 25.0 Å². The molecule has 0 spiro atoms. The normalized spacial score (nSPS) is 25.4. The summed E-state index contributed by atoms with van der Waals surface area (Å²) in [4.78, 5) is 19.0. The van der Waals surface area contributed by atoms with E-state index in [-0.39, 0.29) is 18.1 Å². The number of ether oxygens (including phenoxy) is 1. The first-order chi connectivity index (χ1) is 10.3. The van der Waals surface area contributed by atoms with E-state index < -0.39 is 0 Å². The summed E-state index contributed by atoms with van der Waals surface area (Å²) < 4.78 is 5.71. The highest BCUT2D eigenvalue weighted by atomic mass is 32.2. The number of nitrogens with one attached hydrogen (secondary N) is 1. The maximum Gasteiger partial charge on any atom is 0.293 e. The minimum absolute atomic E-state index is 0.0612. The highest BCUT2D eigenvalue weighted by molar-refractivity contribution is 7.99. The Morgan fingerprint density at radius 1 is 1.52 bits per heavy atom. The van der Waals surface area contributed by atoms with Gasteiger partial charge in [0.2, 0.25) is 5.82 Å². The Kier molecular flexibility index (Phi) is 4.80. The van der Waals surface area contributed by atoms with E-state index in [1.165, 1.54) is 0 Å². The summed E-state index contributed by atoms with van der Waals surface area (Å²) in [5.74, 6) is 3.12. The van der Waals surface area contributed by atoms with Crippen molar-refractivity contribution < 1.29 is 9.53 Å². The molecule has 7 heteroatoms. The Labute approximate surface area is 129 Å². The van der Waals surface area contributed by atoms with E-state index >= 15 is 0 Å². The first-order valence-corrected chi connectivity index (χ1v) is 8.85. The van der Waals surface area contributed by atoms with Crippen LogP contribution in [0.3, 0.4) is 0 Å². The van der Waals surface area contributed by atoms with Crippen LogP contribution in [-0.4, -0.2) is 62.8 Å². The van der Waals surface area contributed by atoms with E-state index in [2.05, 4.69) is 15.2 Å². The molecule has 2 atom stereocenters. The minimum Gasteiger partial charge on any atom is -0.376 e. The van der Waals surface area contributed by atoms with Gasteiger partial charge in [0, 0.05) is 31.4 Å². The number of aromatic amines is 1. The number of H-pyrrole nitrogens is 1. The second-order valence-corrected chi connectivity index (χ2v) is 6.72. The Hall–Kier alpha value is -1.08. The number of carbonyl (C=O) groups is 1. The molecule has 2 fully saturated rings. The van der Waals surface area contributed by atoms with Gasteiger partial charge in [0.1, 0.15) is 5.82 Å². The SMILES string of the molecule is CCc1nc(C(=O)N(CC2CCCO2)C2CCSC2)n[nH]1. The average molecular weight is 310 g/mol. The van der Waals surface area contributed by atoms with E-state index in [1.807, 2.05) is 23.6 Å². The van der Waals surface area contributed by atoms with Crippen LogP contribution in [0.5, 0.6) is 0 Å². The molecule has 2 aliphatic rings. The minimum atomic E-state index is -0.0612. The van der Waals surface area contributed by atoms with Crippen LogP contribution in [0.4, 0.5) is 0 Å². The molecule has 3 heterocycles. The van der Waals surface area contributed by atoms with Crippen molar-refractivity contribution in [2.45, 2.75) is 44.8 Å². The summed E-state index contributed by atoms with van der Waals surface area (Å²) in [6.45, 7) is 3.47. The fourth-order valence-electron chi connectivity index (χ4n) is 2.85. The fourth-order valence-corrected chi connectivity index (χ4v) is 4.08. The van der Waals surface area contributed by atoms with Crippen LogP contribution in [0, 0.1) is 0 Å². The maximum absolute atomic E-state index is 12.8. The fraction of sp³-hybridized carbons (Fsp3) is 0.786. The smallest absolute Gasteiger partial charge is 0.293 e. The monoisotopic (exact) mass is 310 g/mol. The number of thioether (sulfide) groups is 1. The van der Waals surface area contributed by atoms with Crippen LogP contribution in [0.15, 0.2) is 0 Å². The number of amides is 1. The van der Waals surface area contributed by atoms with E-state index in [1.54, 1.807) is 0 Å². The molecule has 2 saturated heterocycles. The molecule has 0 aromatic carbocycles. The van der Waals surface area contributed by atoms with Crippen molar-refractivity contribution in [3.8, 4) is 0 Å². The molecule has 1 aromatic heterocycles. The van der Waals surface area contributed by atoms with Crippen molar-refractivity contribution in [3.05, 3.63) is 11.6 Å². The van der Waals surface area contributed by atoms with Gasteiger partial charge in [-0.15, -0.1) is 5.10 Å². The molecular weight excluding hydrogens is 288 g/mol. The highest BCUT2D eigenvalue weighted by Gasteiger charge is 2.32. The van der Waals surface area contributed by atoms with Crippen LogP contribution in [-0.2, 0) is 11.2 Å². The number of nitrogens with zero attached hydrogens (tertiary/aromatic N) is 3. The van der Waals surface area contributed by atoms with Gasteiger partial charge in [0.15, 0.2) is 0 Å². The van der Waals surface area contributed by atoms with Crippen molar-refractivity contribution in [3.63, 3.8) is 0 Å². The number of rotatable bonds is 5. The molecule has 6 nitrogen and oxygen atoms in total. The summed E-state index contributed by atoms with van der Waals surface area (Å²) in [6.07, 6.45) is 4.11. The van der Waals surface area contributed by atoms with E-state index in [9.17, 15) is 4.79 Å². The summed E-state index contributed by atoms with van der Waals surface area (Å²) in [6, 6.07) is 0.287. The van der Waals surface area contributed by atoms with Crippen LogP contribution in [0.25, 0.3) is 0 Å². The quantitative estimate of drug-likeness (QED) is 0.892. The topological polar surface area (TPSA) is 71.1 Å². The number of hydrogen-bond acceptors (Lipinski definition) is 5. The first-order valence-electron chi connectivity index (χ1n) is 7.69. The second kappa shape index (κ2) is 6.79. The summed E-state index contributed by atoms with van der Waals surface area (Å²) in [5, 5.41) is 6.91. The zero-order valence-corrected chi connectivity index (χ0v) is 13.2. The van der Waals surface area contributed by atoms with Gasteiger partial charge in [0.25, 0.3) is 5.91 Å². The lowest BCUT2D eigenvalue weighted by Crippen LogP contribution is -2.45. The number of aryl methyl sites for hydroxylation is 1. The Morgan fingerprint density at radius 3 is 3.05 bits per heavy atom. The summed E-state index contributed by atoms with van der Waals surface area (Å²) in [7, 11) is 0. The van der Waals surface area contributed by atoms with Crippen molar-refractivity contribution >= 4 is 17.7 Å². The number of aromatic nitrogens is 3. The first kappa shape index (κ1) is 14.8. The van der Waals surface area contributed by atoms with Crippen molar-refractivity contribution in [2.75, 3.05) is 24.7 Å². The van der Waals surface area contributed by atoms with Crippen LogP contribution in [0.2, 0.25) is 0 Å². The zero-order chi connectivity index (χ0) is 14.7. The largest absolute Gasteiger partial charge is 0.376 e. The lowest BCUT2D eigenvalue weighted by atomic mass is 10.1. The molecule has 0 bridgehead atoms. The molecule has 1 aromatic rings. The molecule has 21 heavy (non-hydrogen) atoms. The van der Waals surface area contributed by atoms with Gasteiger partial charge < -0.3 is 9.64 Å². The van der Waals surface area contributed by atoms with E-state index in [4.69, 9.17) is 4.74 Å². The molecule has 1 N–H and O–H groups in total. The summed E-state index contributed by atoms with van der Waals surface area (Å²) in [5.41, 5.74) is 0. The molecule has 2 aliphatic heterocycles. The Bertz CT molecular complexity index is 481. The van der Waals surface area contributed by atoms with Crippen molar-refractivity contribution in [2.24, 2.45) is 0 Å². The van der Waals surface area contributed by atoms with E-state index in [0.717, 1.165) is 49.6 Å². The molecule has 3 rings (SSSR count). The third-order valence-electron chi connectivity index (χ3n) is 4.09. The molecule has 0 aliphatic carbocycles. The second-order valence-electron chi connectivity index (χ2n) is 5.57. The standard InChI is InChI=1S/C14H22N4O2S/c1-2-12-15-13(17-16-12)14(19)18(10-5-7-21-9-10)8-11-4-3-6-20-11/h10-11H,2-9H2,1H3,(H,15,16,17). The lowest BCUT2D eigenvalue weighted by molar-refractivity contribution is 0.0433. The lowest BCUT2D eigenvalue weighted by Gasteiger charge is -2.29. The third kappa shape index (κ3) is 3.40. The Morgan fingerprint density at radius 2 is 2.43 bits per heavy atom. The van der Waals surface area contributed by atoms with Gasteiger partial charge in [-0.25, -0.2) is 4.98 Å². The van der Waals surface area contributed by atoms with Gasteiger partial charge in [-0.2, -0.15) is 11.8 Å². The highest BCUT2D eigenvalue weighted by Crippen LogP contribution is 2.25. The molecule has 1 amide bonds. The van der Waals surface area contributed by atoms with Gasteiger partial charge >= 0.3 is 0 Å². The predicted molar refractivity (Wildman–Crippen MR) is 81.5 cm³/mol. The number of hydrogen-bond donors (Lipinski definition) is 1. The van der Waals surface area contributed by atoms with Crippen LogP contribution < -0.4 is 0 Å². The van der Waals surface area contributed by atoms with Crippen molar-refractivity contribution in [1.29, 1.82) is 0 Å². The van der Waals surface area contributed by atoms with Gasteiger partial charge in [-0.1, -0.05) is 6.92 Å². The molecular formula is C14H22N4O2S. The Balaban J connectivity index is 1.74. The molecule has 116 valence electrons. The van der Waals surface area contributed by atoms with Gasteiger partial charge in [0.05, 0.1) is 6.10 Å². The van der Waals surface area contributed by atoms with Crippen molar-refractivity contribution in [1.82, 2.24) is 20.1 Å². The average Bonchev–Trinajstić information content (AvgIpc) is 3.25. The molecule has 0 saturated carbocycles. The predicted octanol–water partition coefficient (Wildman–Crippen LogP) is 1.49. The van der Waals surface area contributed by atoms with Crippen LogP contribution in [0.1, 0.15) is 42.6 Å². The third-order valence-corrected chi connectivity index (χ3v) is 5.23. The van der Waals surface area contributed by atoms with Crippen LogP contribution >= 0.6 is 11.8 Å². The van der Waals surface area contributed by atoms with Gasteiger partial charge in [-0.3, -0.25) is 9.89 Å². The zero-order valence-electron chi connectivity index (χ0n) is 12.4.